The van der Waals surface area contributed by atoms with Crippen molar-refractivity contribution in [2.75, 3.05) is 26.2 Å². The number of rotatable bonds is 23. The molecular weight excluding hydrogens is 466 g/mol. The molecule has 0 rings (SSSR count). The van der Waals surface area contributed by atoms with Gasteiger partial charge in [-0.3, -0.25) is 0 Å². The van der Waals surface area contributed by atoms with Crippen molar-refractivity contribution < 1.29 is 31.9 Å². The van der Waals surface area contributed by atoms with E-state index in [9.17, 15) is 0 Å². The molecule has 0 aromatic rings. The molecule has 4 nitrogen and oxygen atoms in total. The Kier molecular flexibility index (Phi) is 29.7. The first-order chi connectivity index (χ1) is 15.5. The van der Waals surface area contributed by atoms with E-state index in [1.165, 1.54) is 153 Å². The number of unbranched alkanes of at least 4 members (excludes halogenated alkanes) is 15. The molecule has 0 saturated heterocycles. The van der Waals surface area contributed by atoms with Crippen molar-refractivity contribution in [2.45, 2.75) is 150 Å². The minimum Gasteiger partial charge on any atom is -0.405 e. The van der Waals surface area contributed by atoms with Crippen LogP contribution in [0.25, 0.3) is 0 Å². The van der Waals surface area contributed by atoms with Crippen LogP contribution in [-0.4, -0.2) is 30.7 Å². The van der Waals surface area contributed by atoms with Crippen LogP contribution in [0.2, 0.25) is 0 Å². The molecule has 0 aliphatic rings. The maximum atomic E-state index is 8.52. The first-order valence-electron chi connectivity index (χ1n) is 14.1. The van der Waals surface area contributed by atoms with Crippen LogP contribution in [0.4, 0.5) is 0 Å². The van der Waals surface area contributed by atoms with Gasteiger partial charge in [0.05, 0.1) is 26.2 Å². The Hall–Kier alpha value is 0.320. The minimum atomic E-state index is -3.65. The van der Waals surface area contributed by atoms with E-state index in [-0.39, 0.29) is 0 Å². The second-order valence-corrected chi connectivity index (χ2v) is 10.5. The van der Waals surface area contributed by atoms with Gasteiger partial charge < -0.3 is 17.1 Å². The molecule has 0 fully saturated rings. The quantitative estimate of drug-likeness (QED) is 0.127. The zero-order valence-electron chi connectivity index (χ0n) is 22.3. The molecule has 0 bridgehead atoms. The molecule has 0 heterocycles. The van der Waals surface area contributed by atoms with Crippen molar-refractivity contribution in [1.29, 1.82) is 0 Å². The molecule has 0 atom stereocenters. The average Bonchev–Trinajstić information content (AvgIpc) is 2.73. The summed E-state index contributed by atoms with van der Waals surface area (Å²) in [4.78, 5) is 0. The average molecular weight is 525 g/mol. The maximum absolute atomic E-state index is 8.52. The summed E-state index contributed by atoms with van der Waals surface area (Å²) in [5, 5.41) is 0. The summed E-state index contributed by atoms with van der Waals surface area (Å²) in [7, 11) is 0. The zero-order chi connectivity index (χ0) is 24.3. The first kappa shape index (κ1) is 34.5. The predicted octanol–water partition coefficient (Wildman–Crippen LogP) is 5.73. The summed E-state index contributed by atoms with van der Waals surface area (Å²) in [5.74, 6) is 0. The molecule has 0 aliphatic heterocycles. The van der Waals surface area contributed by atoms with Crippen LogP contribution >= 0.6 is 0 Å². The van der Waals surface area contributed by atoms with Crippen molar-refractivity contribution >= 4 is 0 Å². The smallest absolute Gasteiger partial charge is 0.216 e. The Morgan fingerprint density at radius 3 is 0.875 bits per heavy atom. The van der Waals surface area contributed by atoms with E-state index in [1.54, 1.807) is 0 Å². The van der Waals surface area contributed by atoms with Crippen LogP contribution in [0, 0.1) is 14.8 Å². The van der Waals surface area contributed by atoms with Gasteiger partial charge in [-0.1, -0.05) is 118 Å². The van der Waals surface area contributed by atoms with Gasteiger partial charge in [-0.15, -0.1) is 0 Å². The molecule has 0 radical (unpaired) electrons. The number of nitrogens with zero attached hydrogens (tertiary/aromatic N) is 1. The topological polar surface area (TPSA) is 69.2 Å². The Morgan fingerprint density at radius 2 is 0.625 bits per heavy atom. The fourth-order valence-corrected chi connectivity index (χ4v) is 5.09. The SMILES string of the molecule is CCCCCCCCCCCCCCCCCC[N+](CCC)(CCC)CCC.[O-][Br+2]([O-])[O-]. The molecule has 0 aromatic carbocycles. The molecule has 0 N–H and O–H groups in total. The Balaban J connectivity index is 0. The Labute approximate surface area is 207 Å². The fraction of sp³-hybridized carbons (Fsp3) is 1.00. The van der Waals surface area contributed by atoms with E-state index in [4.69, 9.17) is 12.6 Å². The molecule has 196 valence electrons. The Morgan fingerprint density at radius 1 is 0.375 bits per heavy atom. The molecule has 0 aromatic heterocycles. The number of hydrogen-bond donors (Lipinski definition) is 0. The normalized spacial score (nSPS) is 11.6. The van der Waals surface area contributed by atoms with E-state index in [2.05, 4.69) is 27.7 Å². The van der Waals surface area contributed by atoms with Crippen LogP contribution in [0.5, 0.6) is 0 Å². The molecule has 0 amide bonds. The maximum Gasteiger partial charge on any atom is 0.216 e. The lowest BCUT2D eigenvalue weighted by Crippen LogP contribution is -2.50. The van der Waals surface area contributed by atoms with E-state index >= 15 is 0 Å². The highest BCUT2D eigenvalue weighted by Crippen LogP contribution is 2.17. The summed E-state index contributed by atoms with van der Waals surface area (Å²) in [6.45, 7) is 15.1. The van der Waals surface area contributed by atoms with E-state index in [0.717, 1.165) is 0 Å². The van der Waals surface area contributed by atoms with Crippen molar-refractivity contribution in [3.8, 4) is 0 Å². The standard InChI is InChI=1S/C27H58N.BrO3/c1-5-9-10-11-12-13-14-15-16-17-18-19-20-21-22-23-27-28(24-6-2,25-7-3)26-8-4;2-1(3)4/h5-27H2,1-4H3;/q+1;-1. The van der Waals surface area contributed by atoms with Crippen LogP contribution in [0.1, 0.15) is 150 Å². The molecule has 5 heteroatoms. The summed E-state index contributed by atoms with van der Waals surface area (Å²) >= 11 is -3.65. The lowest BCUT2D eigenvalue weighted by molar-refractivity contribution is -1.73. The molecule has 32 heavy (non-hydrogen) atoms. The minimum absolute atomic E-state index is 1.35. The molecule has 0 spiro atoms. The third-order valence-electron chi connectivity index (χ3n) is 6.58. The molecular formula is C27H58BrNO3. The monoisotopic (exact) mass is 523 g/mol. The lowest BCUT2D eigenvalue weighted by Gasteiger charge is -2.38. The van der Waals surface area contributed by atoms with Gasteiger partial charge in [-0.2, -0.15) is 0 Å². The third-order valence-corrected chi connectivity index (χ3v) is 6.58. The van der Waals surface area contributed by atoms with Crippen molar-refractivity contribution in [1.82, 2.24) is 0 Å². The van der Waals surface area contributed by atoms with Crippen molar-refractivity contribution in [3.63, 3.8) is 0 Å². The number of quaternary nitrogens is 1. The fourth-order valence-electron chi connectivity index (χ4n) is 5.09. The number of halogens is 1. The van der Waals surface area contributed by atoms with Crippen molar-refractivity contribution in [3.05, 3.63) is 0 Å². The highest BCUT2D eigenvalue weighted by Gasteiger charge is 2.23. The van der Waals surface area contributed by atoms with E-state index < -0.39 is 14.8 Å². The van der Waals surface area contributed by atoms with Gasteiger partial charge in [0.15, 0.2) is 0 Å². The zero-order valence-corrected chi connectivity index (χ0v) is 23.9. The second-order valence-electron chi connectivity index (χ2n) is 9.73. The first-order valence-corrected chi connectivity index (χ1v) is 16.0. The van der Waals surface area contributed by atoms with E-state index in [1.807, 2.05) is 0 Å². The van der Waals surface area contributed by atoms with Crippen LogP contribution in [0.3, 0.4) is 0 Å². The predicted molar refractivity (Wildman–Crippen MR) is 130 cm³/mol. The van der Waals surface area contributed by atoms with Gasteiger partial charge in [-0.05, 0) is 32.1 Å². The van der Waals surface area contributed by atoms with Gasteiger partial charge in [0, 0.05) is 0 Å². The highest BCUT2D eigenvalue weighted by molar-refractivity contribution is 4.51. The second kappa shape index (κ2) is 27.6. The summed E-state index contributed by atoms with van der Waals surface area (Å²) in [6, 6.07) is 0. The Bertz CT molecular complexity index is 323. The van der Waals surface area contributed by atoms with Gasteiger partial charge in [-0.25, -0.2) is 0 Å². The summed E-state index contributed by atoms with van der Waals surface area (Å²) in [6.07, 6.45) is 27.5. The van der Waals surface area contributed by atoms with E-state index in [0.29, 0.717) is 0 Å². The molecule has 0 aliphatic carbocycles. The molecule has 0 unspecified atom stereocenters. The molecule has 0 saturated carbocycles. The highest BCUT2D eigenvalue weighted by atomic mass is 80.0. The lowest BCUT2D eigenvalue weighted by atomic mass is 10.0. The van der Waals surface area contributed by atoms with Crippen LogP contribution < -0.4 is 12.6 Å². The van der Waals surface area contributed by atoms with Crippen molar-refractivity contribution in [2.24, 2.45) is 0 Å². The van der Waals surface area contributed by atoms with Crippen LogP contribution in [-0.2, 0) is 0 Å². The van der Waals surface area contributed by atoms with Gasteiger partial charge in [0.1, 0.15) is 0 Å². The van der Waals surface area contributed by atoms with Gasteiger partial charge in [0.2, 0.25) is 14.8 Å². The third kappa shape index (κ3) is 26.6. The summed E-state index contributed by atoms with van der Waals surface area (Å²) < 4.78 is 27.0. The largest absolute Gasteiger partial charge is 0.405 e. The van der Waals surface area contributed by atoms with Crippen LogP contribution in [0.15, 0.2) is 0 Å². The van der Waals surface area contributed by atoms with Gasteiger partial charge in [0.25, 0.3) is 0 Å². The number of hydrogen-bond acceptors (Lipinski definition) is 3. The summed E-state index contributed by atoms with van der Waals surface area (Å²) in [5.41, 5.74) is 0. The van der Waals surface area contributed by atoms with Gasteiger partial charge >= 0.3 is 0 Å².